The number of ether oxygens (including phenoxy) is 3. The molecule has 8 atom stereocenters. The van der Waals surface area contributed by atoms with E-state index in [1.807, 2.05) is 20.8 Å². The van der Waals surface area contributed by atoms with E-state index in [2.05, 4.69) is 5.32 Å². The molecule has 13 nitrogen and oxygen atoms in total. The number of hydrogen-bond acceptors (Lipinski definition) is 11. The summed E-state index contributed by atoms with van der Waals surface area (Å²) in [5.41, 5.74) is -0.696. The highest BCUT2D eigenvalue weighted by molar-refractivity contribution is 8.00. The van der Waals surface area contributed by atoms with Crippen molar-refractivity contribution < 1.29 is 48.7 Å². The van der Waals surface area contributed by atoms with Gasteiger partial charge in [0.1, 0.15) is 23.9 Å². The van der Waals surface area contributed by atoms with Crippen molar-refractivity contribution in [3.05, 3.63) is 52.1 Å². The van der Waals surface area contributed by atoms with Crippen molar-refractivity contribution >= 4 is 52.9 Å². The molecule has 288 valence electrons. The maximum Gasteiger partial charge on any atom is 0.409 e. The molecule has 0 spiro atoms. The van der Waals surface area contributed by atoms with Gasteiger partial charge in [0.05, 0.1) is 42.2 Å². The second-order valence-electron chi connectivity index (χ2n) is 14.5. The number of esters is 1. The Kier molecular flexibility index (Phi) is 13.5. The van der Waals surface area contributed by atoms with Crippen LogP contribution in [0, 0.1) is 11.8 Å². The number of rotatable bonds is 8. The smallest absolute Gasteiger partial charge is 0.409 e. The van der Waals surface area contributed by atoms with Gasteiger partial charge >= 0.3 is 12.1 Å². The molecule has 1 aromatic rings. The minimum Gasteiger partial charge on any atom is -0.457 e. The number of nitrogens with zero attached hydrogens (tertiary/aromatic N) is 2. The molecule has 3 aliphatic rings. The van der Waals surface area contributed by atoms with Crippen LogP contribution in [0.15, 0.2) is 35.9 Å². The van der Waals surface area contributed by atoms with Gasteiger partial charge in [-0.25, -0.2) is 9.59 Å². The maximum atomic E-state index is 14.1. The Bertz CT molecular complexity index is 1590. The third-order valence-electron chi connectivity index (χ3n) is 10.3. The Morgan fingerprint density at radius 1 is 1.23 bits per heavy atom. The van der Waals surface area contributed by atoms with Gasteiger partial charge in [0.2, 0.25) is 11.8 Å². The van der Waals surface area contributed by atoms with Gasteiger partial charge in [-0.1, -0.05) is 62.2 Å². The van der Waals surface area contributed by atoms with Crippen LogP contribution in [0.1, 0.15) is 65.5 Å². The van der Waals surface area contributed by atoms with E-state index in [4.69, 9.17) is 25.8 Å². The maximum absolute atomic E-state index is 14.1. The lowest BCUT2D eigenvalue weighted by molar-refractivity contribution is -0.161. The molecule has 2 fully saturated rings. The highest BCUT2D eigenvalue weighted by atomic mass is 35.5. The lowest BCUT2D eigenvalue weighted by Crippen LogP contribution is -2.62. The van der Waals surface area contributed by atoms with Crippen molar-refractivity contribution in [2.75, 3.05) is 31.4 Å². The summed E-state index contributed by atoms with van der Waals surface area (Å²) in [5.74, 6) is -2.73. The summed E-state index contributed by atoms with van der Waals surface area (Å²) in [6.45, 7) is 9.99. The predicted octanol–water partition coefficient (Wildman–Crippen LogP) is 3.73. The Hall–Kier alpha value is -3.14. The standard InChI is InChI=1S/C37H52ClN3O10S/c1-20(2)52-19-31(45)40(7)23(5)34(46)50-29-15-30(44)41(8)27-14-24(13-25(17-42)32(27)38)12-21(3)10-9-11-26(18-43)37(48)16-28(49-35(47)39-37)22(4)33-36(29,6)51-33/h9-11,13-14,20,22-23,26,28-29,33,42-43,48H,12,15-19H2,1-8H3,(H,39,47)/b11-9+,21-10+/t22-,23+,26+,28+,29+,33+,36+,37+/m1/s1. The molecular formula is C37H52ClN3O10S. The van der Waals surface area contributed by atoms with Crippen LogP contribution in [-0.4, -0.2) is 111 Å². The topological polar surface area (TPSA) is 178 Å². The van der Waals surface area contributed by atoms with Gasteiger partial charge in [0, 0.05) is 32.4 Å². The largest absolute Gasteiger partial charge is 0.457 e. The molecule has 15 heteroatoms. The first-order chi connectivity index (χ1) is 24.3. The number of halogens is 1. The number of benzene rings is 1. The summed E-state index contributed by atoms with van der Waals surface area (Å²) in [6, 6.07) is 2.52. The van der Waals surface area contributed by atoms with E-state index in [0.29, 0.717) is 17.7 Å². The minimum atomic E-state index is -1.86. The highest BCUT2D eigenvalue weighted by Gasteiger charge is 2.64. The zero-order valence-corrected chi connectivity index (χ0v) is 32.6. The van der Waals surface area contributed by atoms with Crippen molar-refractivity contribution in [3.8, 4) is 0 Å². The average molecular weight is 766 g/mol. The SMILES string of the molecule is C/C1=C\C=C\[C@@H](CO)[C@@]2(O)C[C@H](OC(=O)N2)[C@@H](C)[C@@H]2O[C@@]2(C)[C@@H](OC(=O)[C@H](C)N(C)C(=O)CSC(C)C)CC(=O)N(C)c2cc(cc(CO)c2Cl)C1. The molecule has 4 rings (SSSR count). The first-order valence-electron chi connectivity index (χ1n) is 17.4. The van der Waals surface area contributed by atoms with Crippen molar-refractivity contribution in [1.29, 1.82) is 0 Å². The fourth-order valence-electron chi connectivity index (χ4n) is 6.65. The quantitative estimate of drug-likeness (QED) is 0.224. The zero-order chi connectivity index (χ0) is 38.7. The van der Waals surface area contributed by atoms with E-state index in [1.54, 1.807) is 58.2 Å². The molecular weight excluding hydrogens is 714 g/mol. The fourth-order valence-corrected chi connectivity index (χ4v) is 7.62. The van der Waals surface area contributed by atoms with Crippen LogP contribution in [0.5, 0.6) is 0 Å². The lowest BCUT2D eigenvalue weighted by atomic mass is 9.81. The molecule has 3 amide bonds. The van der Waals surface area contributed by atoms with Crippen molar-refractivity contribution in [1.82, 2.24) is 10.2 Å². The van der Waals surface area contributed by atoms with Crippen LogP contribution in [0.25, 0.3) is 0 Å². The third kappa shape index (κ3) is 9.31. The van der Waals surface area contributed by atoms with E-state index in [9.17, 15) is 34.5 Å². The lowest BCUT2D eigenvalue weighted by Gasteiger charge is -2.42. The van der Waals surface area contributed by atoms with Crippen LogP contribution < -0.4 is 10.2 Å². The summed E-state index contributed by atoms with van der Waals surface area (Å²) < 4.78 is 17.9. The molecule has 52 heavy (non-hydrogen) atoms. The fraction of sp³-hybridized carbons (Fsp3) is 0.622. The number of aliphatic hydroxyl groups excluding tert-OH is 2. The second-order valence-corrected chi connectivity index (χ2v) is 16.5. The number of carbonyl (C=O) groups excluding carboxylic acids is 4. The Balaban J connectivity index is 1.75. The molecule has 4 N–H and O–H groups in total. The van der Waals surface area contributed by atoms with Crippen LogP contribution in [0.3, 0.4) is 0 Å². The summed E-state index contributed by atoms with van der Waals surface area (Å²) >= 11 is 8.16. The number of thioether (sulfide) groups is 1. The molecule has 0 aliphatic carbocycles. The van der Waals surface area contributed by atoms with Crippen LogP contribution >= 0.6 is 23.4 Å². The number of nitrogens with one attached hydrogen (secondary N) is 1. The Morgan fingerprint density at radius 2 is 1.92 bits per heavy atom. The van der Waals surface area contributed by atoms with Gasteiger partial charge in [-0.2, -0.15) is 0 Å². The zero-order valence-electron chi connectivity index (χ0n) is 31.1. The average Bonchev–Trinajstić information content (AvgIpc) is 3.79. The number of likely N-dealkylation sites (N-methyl/N-ethyl adjacent to an activating group) is 1. The Labute approximate surface area is 314 Å². The normalized spacial score (nSPS) is 31.8. The number of carbonyl (C=O) groups is 4. The number of anilines is 1. The molecule has 2 saturated heterocycles. The number of epoxide rings is 1. The number of hydrogen-bond donors (Lipinski definition) is 4. The summed E-state index contributed by atoms with van der Waals surface area (Å²) in [7, 11) is 3.07. The summed E-state index contributed by atoms with van der Waals surface area (Å²) in [6.07, 6.45) is 1.50. The molecule has 0 radical (unpaired) electrons. The highest BCUT2D eigenvalue weighted by Crippen LogP contribution is 2.49. The van der Waals surface area contributed by atoms with E-state index in [1.165, 1.54) is 28.6 Å². The number of fused-ring (bicyclic) bond motifs is 5. The van der Waals surface area contributed by atoms with E-state index in [-0.39, 0.29) is 41.4 Å². The number of amides is 3. The molecule has 0 saturated carbocycles. The van der Waals surface area contributed by atoms with Gasteiger partial charge in [-0.05, 0) is 49.6 Å². The van der Waals surface area contributed by atoms with Gasteiger partial charge in [0.15, 0.2) is 5.72 Å². The van der Waals surface area contributed by atoms with Gasteiger partial charge < -0.3 is 39.3 Å². The minimum absolute atomic E-state index is 0.0904. The Morgan fingerprint density at radius 3 is 2.56 bits per heavy atom. The molecule has 0 unspecified atom stereocenters. The van der Waals surface area contributed by atoms with Crippen LogP contribution in [0.4, 0.5) is 10.5 Å². The van der Waals surface area contributed by atoms with E-state index in [0.717, 1.165) is 11.1 Å². The predicted molar refractivity (Wildman–Crippen MR) is 198 cm³/mol. The molecule has 1 aromatic carbocycles. The first kappa shape index (κ1) is 41.6. The van der Waals surface area contributed by atoms with Gasteiger partial charge in [-0.3, -0.25) is 14.9 Å². The van der Waals surface area contributed by atoms with Crippen molar-refractivity contribution in [3.63, 3.8) is 0 Å². The second kappa shape index (κ2) is 16.9. The third-order valence-corrected chi connectivity index (χ3v) is 11.8. The van der Waals surface area contributed by atoms with Crippen molar-refractivity contribution in [2.45, 2.75) is 108 Å². The molecule has 3 aliphatic heterocycles. The van der Waals surface area contributed by atoms with Crippen molar-refractivity contribution in [2.24, 2.45) is 11.8 Å². The molecule has 0 aromatic heterocycles. The van der Waals surface area contributed by atoms with Gasteiger partial charge in [-0.15, -0.1) is 11.8 Å². The number of allylic oxidation sites excluding steroid dienone is 3. The van der Waals surface area contributed by atoms with Crippen LogP contribution in [-0.2, 0) is 41.6 Å². The monoisotopic (exact) mass is 765 g/mol. The number of aliphatic hydroxyl groups is 3. The summed E-state index contributed by atoms with van der Waals surface area (Å²) in [4.78, 5) is 56.1. The summed E-state index contributed by atoms with van der Waals surface area (Å²) in [5, 5.41) is 35.0. The number of alkyl carbamates (subject to hydrolysis) is 1. The van der Waals surface area contributed by atoms with Crippen LogP contribution in [0.2, 0.25) is 5.02 Å². The van der Waals surface area contributed by atoms with Gasteiger partial charge in [0.25, 0.3) is 0 Å². The first-order valence-corrected chi connectivity index (χ1v) is 18.9. The molecule has 4 bridgehead atoms. The molecule has 3 heterocycles. The van der Waals surface area contributed by atoms with E-state index < -0.39 is 72.1 Å². The van der Waals surface area contributed by atoms with E-state index >= 15 is 0 Å².